The van der Waals surface area contributed by atoms with Crippen molar-refractivity contribution in [2.75, 3.05) is 65.4 Å². The van der Waals surface area contributed by atoms with Crippen molar-refractivity contribution in [1.29, 1.82) is 0 Å². The first-order chi connectivity index (χ1) is 68.4. The van der Waals surface area contributed by atoms with Crippen LogP contribution in [-0.4, -0.2) is 190 Å². The number of unbranched alkanes of at least 4 members (excludes halogenated alkanes) is 7. The number of fused-ring (bicyclic) bond motifs is 10. The van der Waals surface area contributed by atoms with Crippen LogP contribution in [-0.2, 0) is 75.0 Å². The van der Waals surface area contributed by atoms with E-state index in [9.17, 15) is 43.2 Å². The number of alkyl carbamates (subject to hydrolysis) is 4. The first-order valence-corrected chi connectivity index (χ1v) is 54.7. The van der Waals surface area contributed by atoms with E-state index in [1.54, 1.807) is 0 Å². The van der Waals surface area contributed by atoms with Crippen LogP contribution in [0, 0.1) is 23.7 Å². The summed E-state index contributed by atoms with van der Waals surface area (Å²) in [6.07, 6.45) is 25.5. The topological polar surface area (TPSA) is 255 Å². The van der Waals surface area contributed by atoms with Gasteiger partial charge in [0.15, 0.2) is 0 Å². The molecule has 5 aromatic carbocycles. The minimum atomic E-state index is -0.538. The Hall–Kier alpha value is -10.8. The van der Waals surface area contributed by atoms with Gasteiger partial charge in [-0.3, -0.25) is 24.0 Å². The molecule has 0 saturated carbocycles. The lowest BCUT2D eigenvalue weighted by Crippen LogP contribution is -2.46. The van der Waals surface area contributed by atoms with Crippen LogP contribution < -0.4 is 21.3 Å². The lowest BCUT2D eigenvalue weighted by molar-refractivity contribution is -0.134. The Labute approximate surface area is 863 Å². The van der Waals surface area contributed by atoms with E-state index in [0.717, 1.165) is 174 Å². The Morgan fingerprint density at radius 3 is 0.861 bits per heavy atom. The summed E-state index contributed by atoms with van der Waals surface area (Å²) in [5, 5.41) is 11.0. The Balaban J connectivity index is 0.000000172. The van der Waals surface area contributed by atoms with Crippen molar-refractivity contribution in [1.82, 2.24) is 45.8 Å². The van der Waals surface area contributed by atoms with Crippen molar-refractivity contribution in [3.63, 3.8) is 0 Å². The molecule has 0 radical (unpaired) electrons. The van der Waals surface area contributed by atoms with Crippen LogP contribution >= 0.6 is 0 Å². The molecule has 0 aromatic heterocycles. The summed E-state index contributed by atoms with van der Waals surface area (Å²) in [4.78, 5) is 122. The molecule has 0 bridgehead atoms. The summed E-state index contributed by atoms with van der Waals surface area (Å²) < 4.78 is 21.0. The summed E-state index contributed by atoms with van der Waals surface area (Å²) in [6.45, 7) is 49.0. The molecule has 5 heterocycles. The molecule has 4 N–H and O–H groups in total. The molecule has 4 atom stereocenters. The summed E-state index contributed by atoms with van der Waals surface area (Å²) in [6, 6.07) is 44.2. The van der Waals surface area contributed by atoms with Crippen molar-refractivity contribution in [2.24, 2.45) is 23.7 Å². The van der Waals surface area contributed by atoms with Crippen LogP contribution in [0.15, 0.2) is 149 Å². The van der Waals surface area contributed by atoms with Crippen LogP contribution in [0.4, 0.5) is 19.2 Å². The van der Waals surface area contributed by atoms with Crippen molar-refractivity contribution in [3.8, 4) is 0 Å². The summed E-state index contributed by atoms with van der Waals surface area (Å²) in [7, 11) is 0. The minimum absolute atomic E-state index is 0.106. The van der Waals surface area contributed by atoms with Gasteiger partial charge in [-0.15, -0.1) is 0 Å². The first kappa shape index (κ1) is 114. The lowest BCUT2D eigenvalue weighted by atomic mass is 9.87. The number of hydrogen-bond acceptors (Lipinski definition) is 13. The minimum Gasteiger partial charge on any atom is -0.444 e. The first-order valence-electron chi connectivity index (χ1n) is 54.7. The molecule has 5 aliphatic heterocycles. The van der Waals surface area contributed by atoms with Gasteiger partial charge in [0.05, 0.1) is 24.2 Å². The number of hydrogen-bond donors (Lipinski definition) is 4. The Kier molecular flexibility index (Phi) is 41.8. The van der Waals surface area contributed by atoms with Gasteiger partial charge in [-0.1, -0.05) is 216 Å². The quantitative estimate of drug-likeness (QED) is 0.0231. The van der Waals surface area contributed by atoms with Crippen molar-refractivity contribution in [2.45, 2.75) is 385 Å². The van der Waals surface area contributed by atoms with E-state index in [1.165, 1.54) is 137 Å². The third-order valence-corrected chi connectivity index (χ3v) is 28.5. The number of nitrogens with one attached hydrogen (secondary N) is 4. The molecule has 9 amide bonds. The van der Waals surface area contributed by atoms with Gasteiger partial charge in [0, 0.05) is 97.6 Å². The number of nitrogens with zero attached hydrogens (tertiary/aromatic N) is 5. The van der Waals surface area contributed by atoms with E-state index in [-0.39, 0.29) is 53.9 Å². The Morgan fingerprint density at radius 1 is 0.292 bits per heavy atom. The number of ether oxygens (including phenoxy) is 4. The zero-order valence-electron chi connectivity index (χ0n) is 91.5. The van der Waals surface area contributed by atoms with Gasteiger partial charge in [0.2, 0.25) is 29.5 Å². The highest BCUT2D eigenvalue weighted by Crippen LogP contribution is 2.48. The van der Waals surface area contributed by atoms with E-state index in [0.29, 0.717) is 87.9 Å². The predicted molar refractivity (Wildman–Crippen MR) is 581 cm³/mol. The van der Waals surface area contributed by atoms with Gasteiger partial charge in [0.1, 0.15) is 22.4 Å². The van der Waals surface area contributed by atoms with Crippen molar-refractivity contribution >= 4 is 81.8 Å². The van der Waals surface area contributed by atoms with Crippen LogP contribution in [0.3, 0.4) is 0 Å². The molecule has 0 saturated heterocycles. The average Bonchev–Trinajstić information content (AvgIpc) is 1.63. The average molecular weight is 1980 g/mol. The number of benzene rings is 5. The maximum Gasteiger partial charge on any atom is 0.407 e. The monoisotopic (exact) mass is 1970 g/mol. The number of amides is 9. The third-order valence-electron chi connectivity index (χ3n) is 28.5. The molecule has 786 valence electrons. The van der Waals surface area contributed by atoms with Crippen LogP contribution in [0.2, 0.25) is 0 Å². The van der Waals surface area contributed by atoms with Gasteiger partial charge < -0.3 is 64.7 Å². The Bertz CT molecular complexity index is 5400. The smallest absolute Gasteiger partial charge is 0.407 e. The van der Waals surface area contributed by atoms with Gasteiger partial charge in [0.25, 0.3) is 0 Å². The summed E-state index contributed by atoms with van der Waals surface area (Å²) >= 11 is 0. The van der Waals surface area contributed by atoms with Crippen molar-refractivity contribution < 1.29 is 62.1 Å². The van der Waals surface area contributed by atoms with E-state index in [1.807, 2.05) is 88.0 Å². The van der Waals surface area contributed by atoms with E-state index in [2.05, 4.69) is 225 Å². The van der Waals surface area contributed by atoms with Crippen LogP contribution in [0.1, 0.15) is 362 Å². The molecule has 22 nitrogen and oxygen atoms in total. The van der Waals surface area contributed by atoms with Gasteiger partial charge >= 0.3 is 24.4 Å². The molecule has 4 unspecified atom stereocenters. The second-order valence-electron chi connectivity index (χ2n) is 46.8. The van der Waals surface area contributed by atoms with Gasteiger partial charge in [-0.05, 0) is 347 Å². The fourth-order valence-corrected chi connectivity index (χ4v) is 22.3. The normalized spacial score (nSPS) is 18.0. The molecule has 22 heteroatoms. The van der Waals surface area contributed by atoms with E-state index in [4.69, 9.17) is 18.9 Å². The maximum atomic E-state index is 13.2. The molecule has 10 aliphatic rings. The lowest BCUT2D eigenvalue weighted by Gasteiger charge is -2.38. The standard InChI is InChI=1S/C27H40N2O3.C26H38N2O3.C25H36N2O3.C24H34N2O3.C20H27NO/c1-19(2)17-24-23-18-20-11-8-9-12-21(20)22(23)14-16-29(24)25(30)13-7-6-10-15-28-26(31)32-27(3,4)5;1-18(2)16-23-22-17-19-10-6-7-11-20(19)21(22)13-15-28(23)24(29)12-8-9-14-27-25(30)31-26(3,4)5;1-17(2)15-22-21-16-18-9-6-7-10-19(18)20(21)12-14-27(22)23(28)11-8-13-26-24(29)30-25(3,4)5;1-16(2)14-21-20-15-17-8-6-7-9-18(17)19(20)11-13-26(21)22(27)10-12-25-23(28)29-24(3,4)5;1-2-3-4-5-6-11-20(22)21-13-12-19-17(15-21)14-16-9-7-8-10-18(16)19/h8-9,11-12,19,24H,6-7,10,13-18H2,1-5H3,(H,28,31);6-7,10-11,18,23H,8-9,12-17H2,1-5H3,(H,27,30);6-7,9-10,17,22H,8,11-16H2,1-5H3,(H,26,29);6-9,16,21H,10-15H2,1-5H3,(H,25,28);7-10H,2-6,11-15H2,1H3. The molecule has 15 rings (SSSR count). The summed E-state index contributed by atoms with van der Waals surface area (Å²) in [5.41, 5.74) is 26.7. The fourth-order valence-electron chi connectivity index (χ4n) is 22.3. The third kappa shape index (κ3) is 33.4. The highest BCUT2D eigenvalue weighted by Gasteiger charge is 2.43. The maximum absolute atomic E-state index is 13.2. The van der Waals surface area contributed by atoms with Crippen LogP contribution in [0.25, 0.3) is 27.9 Å². The van der Waals surface area contributed by atoms with E-state index >= 15 is 0 Å². The van der Waals surface area contributed by atoms with Crippen molar-refractivity contribution in [3.05, 3.63) is 205 Å². The predicted octanol–water partition coefficient (Wildman–Crippen LogP) is 25.2. The van der Waals surface area contributed by atoms with Crippen LogP contribution in [0.5, 0.6) is 0 Å². The molecule has 0 fully saturated rings. The molecule has 0 spiro atoms. The number of rotatable bonds is 32. The largest absolute Gasteiger partial charge is 0.444 e. The molecule has 5 aromatic rings. The second-order valence-corrected chi connectivity index (χ2v) is 46.8. The zero-order valence-corrected chi connectivity index (χ0v) is 91.5. The second kappa shape index (κ2) is 53.0. The van der Waals surface area contributed by atoms with Gasteiger partial charge in [-0.2, -0.15) is 0 Å². The molecular weight excluding hydrogens is 1800 g/mol. The Morgan fingerprint density at radius 2 is 0.542 bits per heavy atom. The molecule has 144 heavy (non-hydrogen) atoms. The highest BCUT2D eigenvalue weighted by molar-refractivity contribution is 5.88. The summed E-state index contributed by atoms with van der Waals surface area (Å²) in [5.74, 6) is 3.28. The highest BCUT2D eigenvalue weighted by atomic mass is 16.6. The fraction of sp³-hybridized carbons (Fsp3) is 0.598. The molecule has 5 aliphatic carbocycles. The SMILES string of the molecule is CC(C)CC1C2=C(CCN1C(=O)CCCCCNC(=O)OC(C)(C)C)c1ccccc1C2.CC(C)CC1C2=C(CCN1C(=O)CCCCNC(=O)OC(C)(C)C)c1ccccc1C2.CC(C)CC1C2=C(CCN1C(=O)CCCNC(=O)OC(C)(C)C)c1ccccc1C2.CC(C)CC1C2=C(CCN1C(=O)CCNC(=O)OC(C)(C)C)c1ccccc1C2.CCCCCCCC(=O)N1CCC2=C(Cc3ccccc32)C1. The van der Waals surface area contributed by atoms with Gasteiger partial charge in [-0.25, -0.2) is 19.2 Å². The number of carbonyl (C=O) groups is 9. The number of carbonyl (C=O) groups excluding carboxylic acids is 9. The molecular formula is C122H175N9O13. The van der Waals surface area contributed by atoms with E-state index < -0.39 is 40.7 Å². The zero-order chi connectivity index (χ0) is 104.